The molecule has 1 aliphatic rings. The molecule has 0 N–H and O–H groups in total. The summed E-state index contributed by atoms with van der Waals surface area (Å²) in [4.78, 5) is 11.9. The monoisotopic (exact) mass is 228 g/mol. The molecule has 0 aromatic carbocycles. The Morgan fingerprint density at radius 3 is 2.67 bits per heavy atom. The Balaban J connectivity index is 2.79. The summed E-state index contributed by atoms with van der Waals surface area (Å²) in [6, 6.07) is 0. The average Bonchev–Trinajstić information content (AvgIpc) is 1.99. The number of hydrogen-bond acceptors (Lipinski definition) is 2. The third-order valence-corrected chi connectivity index (χ3v) is 3.77. The fourth-order valence-corrected chi connectivity index (χ4v) is 3.03. The molecule has 0 aromatic rings. The van der Waals surface area contributed by atoms with Gasteiger partial charge in [-0.05, 0) is 25.2 Å². The van der Waals surface area contributed by atoms with Gasteiger partial charge in [-0.15, -0.1) is 0 Å². The van der Waals surface area contributed by atoms with E-state index in [-0.39, 0.29) is 22.9 Å². The van der Waals surface area contributed by atoms with E-state index in [2.05, 4.69) is 26.8 Å². The summed E-state index contributed by atoms with van der Waals surface area (Å²) in [6.45, 7) is 6.30. The molecule has 3 heteroatoms. The second-order valence-electron chi connectivity index (χ2n) is 5.09. The minimum Gasteiger partial charge on any atom is -0.298 e. The first kappa shape index (κ1) is 12.6. The van der Waals surface area contributed by atoms with E-state index in [1.54, 1.807) is 6.26 Å². The lowest BCUT2D eigenvalue weighted by molar-refractivity contribution is -0.123. The molecule has 0 heterocycles. The largest absolute Gasteiger partial charge is 0.298 e. The minimum atomic E-state index is -1.01. The van der Waals surface area contributed by atoms with Crippen LogP contribution in [0.5, 0.6) is 0 Å². The number of ketones is 1. The van der Waals surface area contributed by atoms with Crippen LogP contribution in [0.1, 0.15) is 33.6 Å². The highest BCUT2D eigenvalue weighted by atomic mass is 32.2. The fraction of sp³-hybridized carbons (Fsp3) is 0.750. The fourth-order valence-electron chi connectivity index (χ4n) is 2.43. The maximum absolute atomic E-state index is 11.9. The lowest BCUT2D eigenvalue weighted by atomic mass is 9.69. The number of hydrogen-bond donors (Lipinski definition) is 0. The van der Waals surface area contributed by atoms with Crippen molar-refractivity contribution < 1.29 is 9.00 Å². The van der Waals surface area contributed by atoms with Gasteiger partial charge in [0.25, 0.3) is 0 Å². The maximum Gasteiger partial charge on any atom is 0.149 e. The second kappa shape index (κ2) is 4.60. The van der Waals surface area contributed by atoms with Gasteiger partial charge >= 0.3 is 0 Å². The molecule has 0 bridgehead atoms. The number of rotatable bonds is 3. The highest BCUT2D eigenvalue weighted by Crippen LogP contribution is 2.39. The zero-order chi connectivity index (χ0) is 11.6. The van der Waals surface area contributed by atoms with Crippen molar-refractivity contribution >= 4 is 16.6 Å². The van der Waals surface area contributed by atoms with E-state index in [9.17, 15) is 9.00 Å². The van der Waals surface area contributed by atoms with Gasteiger partial charge in [-0.3, -0.25) is 9.00 Å². The molecule has 2 nitrogen and oxygen atoms in total. The molecular formula is C12H20O2S. The van der Waals surface area contributed by atoms with Crippen LogP contribution in [0.4, 0.5) is 0 Å². The SMILES string of the molecule is CC1=CC(C)(C)C(C(=O)CS(C)=O)CC1. The summed E-state index contributed by atoms with van der Waals surface area (Å²) < 4.78 is 11.0. The van der Waals surface area contributed by atoms with Crippen LogP contribution in [0.25, 0.3) is 0 Å². The zero-order valence-electron chi connectivity index (χ0n) is 10.0. The van der Waals surface area contributed by atoms with Crippen molar-refractivity contribution in [2.75, 3.05) is 12.0 Å². The molecular weight excluding hydrogens is 208 g/mol. The lowest BCUT2D eigenvalue weighted by Crippen LogP contribution is -2.34. The van der Waals surface area contributed by atoms with Crippen LogP contribution in [0, 0.1) is 11.3 Å². The summed E-state index contributed by atoms with van der Waals surface area (Å²) in [5.74, 6) is 0.413. The molecule has 1 aliphatic carbocycles. The molecule has 0 fully saturated rings. The lowest BCUT2D eigenvalue weighted by Gasteiger charge is -2.35. The topological polar surface area (TPSA) is 34.1 Å². The van der Waals surface area contributed by atoms with E-state index in [1.807, 2.05) is 0 Å². The zero-order valence-corrected chi connectivity index (χ0v) is 10.8. The van der Waals surface area contributed by atoms with Gasteiger partial charge in [0.2, 0.25) is 0 Å². The van der Waals surface area contributed by atoms with Gasteiger partial charge in [-0.2, -0.15) is 0 Å². The second-order valence-corrected chi connectivity index (χ2v) is 6.52. The third-order valence-electron chi connectivity index (χ3n) is 3.08. The van der Waals surface area contributed by atoms with Gasteiger partial charge in [0, 0.05) is 23.0 Å². The molecule has 2 unspecified atom stereocenters. The van der Waals surface area contributed by atoms with Crippen molar-refractivity contribution in [1.29, 1.82) is 0 Å². The van der Waals surface area contributed by atoms with Gasteiger partial charge in [0.1, 0.15) is 5.78 Å². The Bertz CT molecular complexity index is 316. The number of carbonyl (C=O) groups excluding carboxylic acids is 1. The third kappa shape index (κ3) is 3.26. The van der Waals surface area contributed by atoms with Crippen LogP contribution in [-0.4, -0.2) is 22.0 Å². The van der Waals surface area contributed by atoms with Crippen molar-refractivity contribution in [2.24, 2.45) is 11.3 Å². The average molecular weight is 228 g/mol. The van der Waals surface area contributed by atoms with Crippen molar-refractivity contribution in [2.45, 2.75) is 33.6 Å². The van der Waals surface area contributed by atoms with Gasteiger partial charge in [0.05, 0.1) is 5.75 Å². The van der Waals surface area contributed by atoms with Crippen molar-refractivity contribution in [3.05, 3.63) is 11.6 Å². The smallest absolute Gasteiger partial charge is 0.149 e. The standard InChI is InChI=1S/C12H20O2S/c1-9-5-6-10(12(2,3)7-9)11(13)8-15(4)14/h7,10H,5-6,8H2,1-4H3. The predicted octanol–water partition coefficient (Wildman–Crippen LogP) is 2.32. The van der Waals surface area contributed by atoms with Crippen LogP contribution in [0.15, 0.2) is 11.6 Å². The molecule has 15 heavy (non-hydrogen) atoms. The highest BCUT2D eigenvalue weighted by molar-refractivity contribution is 7.85. The van der Waals surface area contributed by atoms with E-state index in [0.717, 1.165) is 12.8 Å². The number of carbonyl (C=O) groups is 1. The van der Waals surface area contributed by atoms with Crippen molar-refractivity contribution in [3.63, 3.8) is 0 Å². The van der Waals surface area contributed by atoms with Gasteiger partial charge in [-0.1, -0.05) is 25.5 Å². The number of allylic oxidation sites excluding steroid dienone is 2. The molecule has 0 saturated heterocycles. The van der Waals surface area contributed by atoms with Crippen molar-refractivity contribution in [3.8, 4) is 0 Å². The van der Waals surface area contributed by atoms with E-state index >= 15 is 0 Å². The summed E-state index contributed by atoms with van der Waals surface area (Å²) in [7, 11) is -1.01. The molecule has 0 radical (unpaired) electrons. The summed E-state index contributed by atoms with van der Waals surface area (Å²) in [6.07, 6.45) is 5.69. The van der Waals surface area contributed by atoms with E-state index in [4.69, 9.17) is 0 Å². The predicted molar refractivity (Wildman–Crippen MR) is 64.2 cm³/mol. The quantitative estimate of drug-likeness (QED) is 0.695. The Morgan fingerprint density at radius 1 is 1.60 bits per heavy atom. The van der Waals surface area contributed by atoms with Gasteiger partial charge < -0.3 is 0 Å². The normalized spacial score (nSPS) is 26.9. The molecule has 86 valence electrons. The van der Waals surface area contributed by atoms with Gasteiger partial charge in [-0.25, -0.2) is 0 Å². The first-order valence-corrected chi connectivity index (χ1v) is 7.06. The molecule has 0 aromatic heterocycles. The Morgan fingerprint density at radius 2 is 2.20 bits per heavy atom. The van der Waals surface area contributed by atoms with Gasteiger partial charge in [0.15, 0.2) is 0 Å². The van der Waals surface area contributed by atoms with Crippen LogP contribution in [0.2, 0.25) is 0 Å². The molecule has 1 rings (SSSR count). The van der Waals surface area contributed by atoms with E-state index < -0.39 is 10.8 Å². The van der Waals surface area contributed by atoms with Crippen LogP contribution in [-0.2, 0) is 15.6 Å². The summed E-state index contributed by atoms with van der Waals surface area (Å²) in [5, 5.41) is 0. The highest BCUT2D eigenvalue weighted by Gasteiger charge is 2.35. The summed E-state index contributed by atoms with van der Waals surface area (Å²) >= 11 is 0. The first-order valence-electron chi connectivity index (χ1n) is 5.34. The van der Waals surface area contributed by atoms with E-state index in [1.165, 1.54) is 5.57 Å². The first-order chi connectivity index (χ1) is 6.83. The number of Topliss-reactive ketones (excluding diaryl/α,β-unsaturated/α-hetero) is 1. The molecule has 0 aliphatic heterocycles. The van der Waals surface area contributed by atoms with Crippen LogP contribution >= 0.6 is 0 Å². The van der Waals surface area contributed by atoms with Crippen molar-refractivity contribution in [1.82, 2.24) is 0 Å². The van der Waals surface area contributed by atoms with E-state index in [0.29, 0.717) is 0 Å². The molecule has 0 spiro atoms. The maximum atomic E-state index is 11.9. The molecule has 0 saturated carbocycles. The van der Waals surface area contributed by atoms with Crippen LogP contribution < -0.4 is 0 Å². The molecule has 2 atom stereocenters. The van der Waals surface area contributed by atoms with Crippen LogP contribution in [0.3, 0.4) is 0 Å². The minimum absolute atomic E-state index is 0.0464. The summed E-state index contributed by atoms with van der Waals surface area (Å²) in [5.41, 5.74) is 1.29. The Kier molecular flexibility index (Phi) is 3.87. The Hall–Kier alpha value is -0.440. The molecule has 0 amide bonds. The Labute approximate surface area is 94.6 Å².